The first kappa shape index (κ1) is 14.4. The van der Waals surface area contributed by atoms with E-state index in [1.807, 2.05) is 12.1 Å². The maximum Gasteiger partial charge on any atom is 0.119 e. The van der Waals surface area contributed by atoms with Gasteiger partial charge in [-0.25, -0.2) is 0 Å². The SMILES string of the molecule is CCNC(C)c1ccc(OCC2CCCCO2)cc1. The van der Waals surface area contributed by atoms with Crippen molar-refractivity contribution >= 4 is 0 Å². The molecule has 3 heteroatoms. The minimum absolute atomic E-state index is 0.272. The third-order valence-corrected chi connectivity index (χ3v) is 3.60. The minimum atomic E-state index is 0.272. The lowest BCUT2D eigenvalue weighted by Gasteiger charge is -2.22. The van der Waals surface area contributed by atoms with Crippen LogP contribution in [-0.2, 0) is 4.74 Å². The van der Waals surface area contributed by atoms with Gasteiger partial charge in [0.15, 0.2) is 0 Å². The van der Waals surface area contributed by atoms with E-state index in [0.29, 0.717) is 12.6 Å². The van der Waals surface area contributed by atoms with Crippen LogP contribution in [0.2, 0.25) is 0 Å². The molecule has 3 nitrogen and oxygen atoms in total. The molecule has 0 spiro atoms. The smallest absolute Gasteiger partial charge is 0.119 e. The fourth-order valence-electron chi connectivity index (χ4n) is 2.40. The first-order valence-corrected chi connectivity index (χ1v) is 7.37. The van der Waals surface area contributed by atoms with Crippen molar-refractivity contribution in [2.24, 2.45) is 0 Å². The Morgan fingerprint density at radius 1 is 1.32 bits per heavy atom. The number of nitrogens with one attached hydrogen (secondary N) is 1. The van der Waals surface area contributed by atoms with Crippen LogP contribution in [0.25, 0.3) is 0 Å². The highest BCUT2D eigenvalue weighted by Crippen LogP contribution is 2.19. The van der Waals surface area contributed by atoms with Crippen LogP contribution in [0.3, 0.4) is 0 Å². The van der Waals surface area contributed by atoms with Crippen molar-refractivity contribution in [3.05, 3.63) is 29.8 Å². The van der Waals surface area contributed by atoms with Crippen molar-refractivity contribution in [1.82, 2.24) is 5.32 Å². The normalized spacial score (nSPS) is 21.1. The molecular formula is C16H25NO2. The Morgan fingerprint density at radius 2 is 2.11 bits per heavy atom. The Labute approximate surface area is 116 Å². The quantitative estimate of drug-likeness (QED) is 0.854. The van der Waals surface area contributed by atoms with E-state index in [0.717, 1.165) is 25.3 Å². The van der Waals surface area contributed by atoms with Crippen LogP contribution in [-0.4, -0.2) is 25.9 Å². The molecule has 2 unspecified atom stereocenters. The summed E-state index contributed by atoms with van der Waals surface area (Å²) in [4.78, 5) is 0. The van der Waals surface area contributed by atoms with Gasteiger partial charge in [-0.2, -0.15) is 0 Å². The largest absolute Gasteiger partial charge is 0.491 e. The summed E-state index contributed by atoms with van der Waals surface area (Å²) >= 11 is 0. The summed E-state index contributed by atoms with van der Waals surface area (Å²) in [5.74, 6) is 0.932. The van der Waals surface area contributed by atoms with Gasteiger partial charge in [-0.3, -0.25) is 0 Å². The number of hydrogen-bond donors (Lipinski definition) is 1. The molecule has 1 aliphatic heterocycles. The van der Waals surface area contributed by atoms with Gasteiger partial charge in [-0.15, -0.1) is 0 Å². The lowest BCUT2D eigenvalue weighted by atomic mass is 10.1. The van der Waals surface area contributed by atoms with Gasteiger partial charge in [0.05, 0.1) is 6.10 Å². The van der Waals surface area contributed by atoms with Crippen LogP contribution in [0.15, 0.2) is 24.3 Å². The van der Waals surface area contributed by atoms with Gasteiger partial charge in [0.25, 0.3) is 0 Å². The predicted octanol–water partition coefficient (Wildman–Crippen LogP) is 3.31. The first-order chi connectivity index (χ1) is 9.29. The van der Waals surface area contributed by atoms with Crippen LogP contribution in [0, 0.1) is 0 Å². The van der Waals surface area contributed by atoms with Gasteiger partial charge in [0.1, 0.15) is 12.4 Å². The van der Waals surface area contributed by atoms with Gasteiger partial charge in [0, 0.05) is 12.6 Å². The van der Waals surface area contributed by atoms with E-state index in [-0.39, 0.29) is 6.10 Å². The van der Waals surface area contributed by atoms with Crippen LogP contribution in [0.5, 0.6) is 5.75 Å². The zero-order valence-corrected chi connectivity index (χ0v) is 12.0. The van der Waals surface area contributed by atoms with Gasteiger partial charge in [-0.05, 0) is 50.4 Å². The summed E-state index contributed by atoms with van der Waals surface area (Å²) in [7, 11) is 0. The maximum atomic E-state index is 5.79. The average Bonchev–Trinajstić information content (AvgIpc) is 2.47. The lowest BCUT2D eigenvalue weighted by molar-refractivity contribution is -0.0110. The summed E-state index contributed by atoms with van der Waals surface area (Å²) in [5, 5.41) is 3.40. The topological polar surface area (TPSA) is 30.5 Å². The molecule has 1 aromatic carbocycles. The summed E-state index contributed by atoms with van der Waals surface area (Å²) in [5.41, 5.74) is 1.29. The number of hydrogen-bond acceptors (Lipinski definition) is 3. The Hall–Kier alpha value is -1.06. The first-order valence-electron chi connectivity index (χ1n) is 7.37. The number of benzene rings is 1. The predicted molar refractivity (Wildman–Crippen MR) is 77.6 cm³/mol. The van der Waals surface area contributed by atoms with Crippen molar-refractivity contribution < 1.29 is 9.47 Å². The molecule has 1 fully saturated rings. The third-order valence-electron chi connectivity index (χ3n) is 3.60. The molecular weight excluding hydrogens is 238 g/mol. The number of ether oxygens (including phenoxy) is 2. The van der Waals surface area contributed by atoms with Crippen molar-refractivity contribution in [1.29, 1.82) is 0 Å². The zero-order chi connectivity index (χ0) is 13.5. The van der Waals surface area contributed by atoms with Crippen molar-refractivity contribution in [2.45, 2.75) is 45.3 Å². The van der Waals surface area contributed by atoms with Crippen molar-refractivity contribution in [2.75, 3.05) is 19.8 Å². The van der Waals surface area contributed by atoms with Gasteiger partial charge < -0.3 is 14.8 Å². The fourth-order valence-corrected chi connectivity index (χ4v) is 2.40. The molecule has 1 aromatic rings. The van der Waals surface area contributed by atoms with E-state index < -0.39 is 0 Å². The molecule has 19 heavy (non-hydrogen) atoms. The molecule has 1 heterocycles. The Morgan fingerprint density at radius 3 is 2.74 bits per heavy atom. The number of rotatable bonds is 6. The molecule has 0 amide bonds. The molecule has 106 valence electrons. The highest BCUT2D eigenvalue weighted by molar-refractivity contribution is 5.28. The molecule has 1 saturated heterocycles. The summed E-state index contributed by atoms with van der Waals surface area (Å²) in [6, 6.07) is 8.74. The zero-order valence-electron chi connectivity index (χ0n) is 12.0. The second kappa shape index (κ2) is 7.51. The Kier molecular flexibility index (Phi) is 5.67. The molecule has 0 aliphatic carbocycles. The standard InChI is InChI=1S/C16H25NO2/c1-3-17-13(2)14-7-9-15(10-8-14)19-12-16-6-4-5-11-18-16/h7-10,13,16-17H,3-6,11-12H2,1-2H3. The fraction of sp³-hybridized carbons (Fsp3) is 0.625. The van der Waals surface area contributed by atoms with Crippen molar-refractivity contribution in [3.63, 3.8) is 0 Å². The third kappa shape index (κ3) is 4.51. The highest BCUT2D eigenvalue weighted by Gasteiger charge is 2.14. The summed E-state index contributed by atoms with van der Waals surface area (Å²) in [6.45, 7) is 6.83. The van der Waals surface area contributed by atoms with Gasteiger partial charge >= 0.3 is 0 Å². The van der Waals surface area contributed by atoms with Crippen LogP contribution >= 0.6 is 0 Å². The maximum absolute atomic E-state index is 5.79. The Bertz CT molecular complexity index is 358. The minimum Gasteiger partial charge on any atom is -0.491 e. The van der Waals surface area contributed by atoms with Crippen molar-refractivity contribution in [3.8, 4) is 5.75 Å². The second-order valence-electron chi connectivity index (χ2n) is 5.15. The Balaban J connectivity index is 1.81. The lowest BCUT2D eigenvalue weighted by Crippen LogP contribution is -2.25. The molecule has 2 atom stereocenters. The van der Waals surface area contributed by atoms with Crippen LogP contribution in [0.1, 0.15) is 44.7 Å². The average molecular weight is 263 g/mol. The molecule has 1 N–H and O–H groups in total. The van der Waals surface area contributed by atoms with Gasteiger partial charge in [0.2, 0.25) is 0 Å². The monoisotopic (exact) mass is 263 g/mol. The van der Waals surface area contributed by atoms with Gasteiger partial charge in [-0.1, -0.05) is 19.1 Å². The second-order valence-corrected chi connectivity index (χ2v) is 5.15. The molecule has 1 aliphatic rings. The van der Waals surface area contributed by atoms with E-state index in [9.17, 15) is 0 Å². The van der Waals surface area contributed by atoms with E-state index in [4.69, 9.17) is 9.47 Å². The highest BCUT2D eigenvalue weighted by atomic mass is 16.5. The molecule has 0 bridgehead atoms. The van der Waals surface area contributed by atoms with E-state index >= 15 is 0 Å². The summed E-state index contributed by atoms with van der Waals surface area (Å²) < 4.78 is 11.5. The van der Waals surface area contributed by atoms with Crippen LogP contribution in [0.4, 0.5) is 0 Å². The molecule has 2 rings (SSSR count). The van der Waals surface area contributed by atoms with E-state index in [1.165, 1.54) is 18.4 Å². The van der Waals surface area contributed by atoms with Crippen LogP contribution < -0.4 is 10.1 Å². The van der Waals surface area contributed by atoms with E-state index in [2.05, 4.69) is 31.3 Å². The molecule has 0 radical (unpaired) electrons. The van der Waals surface area contributed by atoms with E-state index in [1.54, 1.807) is 0 Å². The molecule has 0 saturated carbocycles. The summed E-state index contributed by atoms with van der Waals surface area (Å²) in [6.07, 6.45) is 3.84. The molecule has 0 aromatic heterocycles.